The number of aryl methyl sites for hydroxylation is 1. The van der Waals surface area contributed by atoms with E-state index in [1.54, 1.807) is 12.4 Å². The molecule has 0 aliphatic carbocycles. The molecule has 2 rings (SSSR count). The van der Waals surface area contributed by atoms with E-state index in [4.69, 9.17) is 0 Å². The summed E-state index contributed by atoms with van der Waals surface area (Å²) in [5.74, 6) is -0.492. The Kier molecular flexibility index (Phi) is 2.56. The topological polar surface area (TPSA) is 39.8 Å². The highest BCUT2D eigenvalue weighted by molar-refractivity contribution is 5.66. The lowest BCUT2D eigenvalue weighted by Gasteiger charge is -2.08. The number of nitrogens with zero attached hydrogens (tertiary/aromatic N) is 2. The molecule has 82 valence electrons. The van der Waals surface area contributed by atoms with Crippen molar-refractivity contribution in [2.45, 2.75) is 13.8 Å². The van der Waals surface area contributed by atoms with Gasteiger partial charge in [0.2, 0.25) is 5.69 Å². The Hall–Kier alpha value is -1.97. The first-order valence-corrected chi connectivity index (χ1v) is 4.90. The predicted octanol–water partition coefficient (Wildman–Crippen LogP) is 2.14. The highest BCUT2D eigenvalue weighted by Crippen LogP contribution is 2.25. The summed E-state index contributed by atoms with van der Waals surface area (Å²) in [6.45, 7) is 3.33. The molecular formula is C12H11FN2O. The number of pyridine rings is 2. The van der Waals surface area contributed by atoms with Crippen molar-refractivity contribution in [1.82, 2.24) is 4.98 Å². The molecule has 0 aliphatic heterocycles. The monoisotopic (exact) mass is 218 g/mol. The highest BCUT2D eigenvalue weighted by atomic mass is 19.1. The average Bonchev–Trinajstić information content (AvgIpc) is 2.28. The minimum Gasteiger partial charge on any atom is -0.618 e. The first-order chi connectivity index (χ1) is 7.61. The molecule has 0 unspecified atom stereocenters. The van der Waals surface area contributed by atoms with E-state index in [-0.39, 0.29) is 5.69 Å². The fourth-order valence-electron chi connectivity index (χ4n) is 1.57. The van der Waals surface area contributed by atoms with E-state index in [1.807, 2.05) is 13.0 Å². The second kappa shape index (κ2) is 3.89. The molecule has 0 bridgehead atoms. The van der Waals surface area contributed by atoms with Gasteiger partial charge in [-0.15, -0.1) is 0 Å². The van der Waals surface area contributed by atoms with E-state index >= 15 is 0 Å². The van der Waals surface area contributed by atoms with Crippen LogP contribution in [0.15, 0.2) is 30.7 Å². The van der Waals surface area contributed by atoms with Crippen LogP contribution in [0.2, 0.25) is 0 Å². The van der Waals surface area contributed by atoms with Gasteiger partial charge in [-0.2, -0.15) is 9.12 Å². The lowest BCUT2D eigenvalue weighted by molar-refractivity contribution is -0.614. The first kappa shape index (κ1) is 10.5. The summed E-state index contributed by atoms with van der Waals surface area (Å²) in [6.07, 6.45) is 4.56. The van der Waals surface area contributed by atoms with Crippen LogP contribution in [-0.4, -0.2) is 4.98 Å². The Bertz CT molecular complexity index is 541. The van der Waals surface area contributed by atoms with Crippen LogP contribution in [0.1, 0.15) is 11.3 Å². The molecular weight excluding hydrogens is 207 g/mol. The molecule has 2 aromatic rings. The van der Waals surface area contributed by atoms with Crippen molar-refractivity contribution in [2.24, 2.45) is 0 Å². The second-order valence-electron chi connectivity index (χ2n) is 3.65. The van der Waals surface area contributed by atoms with Crippen molar-refractivity contribution in [1.29, 1.82) is 0 Å². The molecule has 0 aromatic carbocycles. The van der Waals surface area contributed by atoms with Crippen molar-refractivity contribution >= 4 is 0 Å². The molecule has 2 aromatic heterocycles. The molecule has 0 spiro atoms. The summed E-state index contributed by atoms with van der Waals surface area (Å²) in [4.78, 5) is 3.96. The van der Waals surface area contributed by atoms with Crippen molar-refractivity contribution in [3.8, 4) is 11.1 Å². The SMILES string of the molecule is Cc1ccncc1-c1cc[n+]([O-])c(C)c1F. The van der Waals surface area contributed by atoms with E-state index in [0.29, 0.717) is 15.9 Å². The maximum Gasteiger partial charge on any atom is 0.226 e. The summed E-state index contributed by atoms with van der Waals surface area (Å²) in [5.41, 5.74) is 2.12. The Morgan fingerprint density at radius 1 is 1.25 bits per heavy atom. The van der Waals surface area contributed by atoms with Crippen molar-refractivity contribution in [2.75, 3.05) is 0 Å². The van der Waals surface area contributed by atoms with Gasteiger partial charge in [0.1, 0.15) is 0 Å². The number of halogens is 1. The van der Waals surface area contributed by atoms with Gasteiger partial charge in [-0.25, -0.2) is 0 Å². The maximum atomic E-state index is 13.9. The fourth-order valence-corrected chi connectivity index (χ4v) is 1.57. The van der Waals surface area contributed by atoms with E-state index < -0.39 is 5.82 Å². The summed E-state index contributed by atoms with van der Waals surface area (Å²) >= 11 is 0. The maximum absolute atomic E-state index is 13.9. The Labute approximate surface area is 92.8 Å². The van der Waals surface area contributed by atoms with Crippen molar-refractivity contribution in [3.05, 3.63) is 53.0 Å². The molecule has 0 radical (unpaired) electrons. The Morgan fingerprint density at radius 2 is 2.00 bits per heavy atom. The minimum absolute atomic E-state index is 0.0701. The summed E-state index contributed by atoms with van der Waals surface area (Å²) < 4.78 is 14.4. The van der Waals surface area contributed by atoms with Crippen LogP contribution in [-0.2, 0) is 0 Å². The number of hydrogen-bond donors (Lipinski definition) is 0. The molecule has 2 heterocycles. The molecule has 0 aliphatic rings. The average molecular weight is 218 g/mol. The molecule has 0 atom stereocenters. The lowest BCUT2D eigenvalue weighted by atomic mass is 10.0. The van der Waals surface area contributed by atoms with E-state index in [2.05, 4.69) is 4.98 Å². The van der Waals surface area contributed by atoms with Gasteiger partial charge in [0, 0.05) is 36.5 Å². The third kappa shape index (κ3) is 1.62. The van der Waals surface area contributed by atoms with Gasteiger partial charge >= 0.3 is 0 Å². The van der Waals surface area contributed by atoms with Crippen LogP contribution in [0, 0.1) is 24.9 Å². The quantitative estimate of drug-likeness (QED) is 0.543. The van der Waals surface area contributed by atoms with Gasteiger partial charge in [0.15, 0.2) is 12.0 Å². The zero-order valence-electron chi connectivity index (χ0n) is 9.07. The van der Waals surface area contributed by atoms with Crippen LogP contribution < -0.4 is 4.73 Å². The zero-order valence-corrected chi connectivity index (χ0v) is 9.07. The minimum atomic E-state index is -0.492. The molecule has 3 nitrogen and oxygen atoms in total. The molecule has 0 saturated heterocycles. The van der Waals surface area contributed by atoms with E-state index in [1.165, 1.54) is 19.2 Å². The third-order valence-corrected chi connectivity index (χ3v) is 2.59. The normalized spacial score (nSPS) is 10.4. The molecule has 0 N–H and O–H groups in total. The van der Waals surface area contributed by atoms with Gasteiger partial charge in [0.25, 0.3) is 0 Å². The smallest absolute Gasteiger partial charge is 0.226 e. The summed E-state index contributed by atoms with van der Waals surface area (Å²) in [7, 11) is 0. The van der Waals surface area contributed by atoms with E-state index in [9.17, 15) is 9.60 Å². The van der Waals surface area contributed by atoms with Crippen LogP contribution in [0.3, 0.4) is 0 Å². The predicted molar refractivity (Wildman–Crippen MR) is 58.1 cm³/mol. The number of hydrogen-bond acceptors (Lipinski definition) is 2. The van der Waals surface area contributed by atoms with E-state index in [0.717, 1.165) is 5.56 Å². The Balaban J connectivity index is 2.66. The molecule has 16 heavy (non-hydrogen) atoms. The third-order valence-electron chi connectivity index (χ3n) is 2.59. The fraction of sp³-hybridized carbons (Fsp3) is 0.167. The number of rotatable bonds is 1. The Morgan fingerprint density at radius 3 is 2.69 bits per heavy atom. The van der Waals surface area contributed by atoms with Gasteiger partial charge in [-0.3, -0.25) is 4.98 Å². The van der Waals surface area contributed by atoms with Gasteiger partial charge in [-0.05, 0) is 18.6 Å². The van der Waals surface area contributed by atoms with Gasteiger partial charge in [0.05, 0.1) is 0 Å². The largest absolute Gasteiger partial charge is 0.618 e. The zero-order chi connectivity index (χ0) is 11.7. The summed E-state index contributed by atoms with van der Waals surface area (Å²) in [5, 5.41) is 11.2. The second-order valence-corrected chi connectivity index (χ2v) is 3.65. The molecule has 0 fully saturated rings. The molecule has 4 heteroatoms. The van der Waals surface area contributed by atoms with Crippen molar-refractivity contribution < 1.29 is 9.12 Å². The highest BCUT2D eigenvalue weighted by Gasteiger charge is 2.15. The number of aromatic nitrogens is 2. The van der Waals surface area contributed by atoms with Gasteiger partial charge < -0.3 is 5.21 Å². The summed E-state index contributed by atoms with van der Waals surface area (Å²) in [6, 6.07) is 3.28. The van der Waals surface area contributed by atoms with Crippen LogP contribution >= 0.6 is 0 Å². The molecule has 0 saturated carbocycles. The lowest BCUT2D eigenvalue weighted by Crippen LogP contribution is -2.30. The van der Waals surface area contributed by atoms with Crippen LogP contribution in [0.4, 0.5) is 4.39 Å². The first-order valence-electron chi connectivity index (χ1n) is 4.90. The molecule has 0 amide bonds. The van der Waals surface area contributed by atoms with Crippen molar-refractivity contribution in [3.63, 3.8) is 0 Å². The van der Waals surface area contributed by atoms with Crippen LogP contribution in [0.5, 0.6) is 0 Å². The standard InChI is InChI=1S/C12H11FN2O/c1-8-3-5-14-7-11(8)10-4-6-15(16)9(2)12(10)13/h3-7H,1-2H3. The van der Waals surface area contributed by atoms with Crippen LogP contribution in [0.25, 0.3) is 11.1 Å². The van der Waals surface area contributed by atoms with Gasteiger partial charge in [-0.1, -0.05) is 0 Å².